The second-order valence-electron chi connectivity index (χ2n) is 9.89. The van der Waals surface area contributed by atoms with Crippen LogP contribution in [-0.4, -0.2) is 54.3 Å². The summed E-state index contributed by atoms with van der Waals surface area (Å²) in [7, 11) is 1.74. The maximum Gasteiger partial charge on any atom is 0.248 e. The minimum absolute atomic E-state index is 0.0301. The molecular formula is C23H28ClN3O3. The van der Waals surface area contributed by atoms with Crippen molar-refractivity contribution in [3.05, 3.63) is 29.3 Å². The number of hydrogen-bond donors (Lipinski definition) is 0. The molecule has 5 aliphatic rings. The maximum absolute atomic E-state index is 13.4. The lowest BCUT2D eigenvalue weighted by Gasteiger charge is -2.56. The van der Waals surface area contributed by atoms with E-state index in [4.69, 9.17) is 11.6 Å². The predicted molar refractivity (Wildman–Crippen MR) is 114 cm³/mol. The predicted octanol–water partition coefficient (Wildman–Crippen LogP) is 3.15. The highest BCUT2D eigenvalue weighted by molar-refractivity contribution is 6.30. The molecule has 7 heteroatoms. The van der Waals surface area contributed by atoms with Crippen LogP contribution in [0.5, 0.6) is 0 Å². The largest absolute Gasteiger partial charge is 0.336 e. The van der Waals surface area contributed by atoms with Gasteiger partial charge in [0, 0.05) is 17.8 Å². The number of carbonyl (C=O) groups excluding carboxylic acids is 3. The molecule has 1 aromatic rings. The Balaban J connectivity index is 1.23. The van der Waals surface area contributed by atoms with E-state index < -0.39 is 0 Å². The fraction of sp³-hybridized carbons (Fsp3) is 0.609. The zero-order valence-corrected chi connectivity index (χ0v) is 18.1. The van der Waals surface area contributed by atoms with E-state index in [2.05, 4.69) is 0 Å². The molecule has 0 radical (unpaired) electrons. The molecular weight excluding hydrogens is 402 g/mol. The SMILES string of the molecule is CN(CC(=O)N1CC(=O)N(c2ccc(Cl)cc2)C1)C(=O)C12CC3CC(CC(C3)C1)C2. The van der Waals surface area contributed by atoms with Gasteiger partial charge in [0.1, 0.15) is 13.2 Å². The van der Waals surface area contributed by atoms with Crippen LogP contribution in [0.3, 0.4) is 0 Å². The standard InChI is InChI=1S/C23H28ClN3O3/c1-25(22(30)23-9-15-6-16(10-23)8-17(7-15)11-23)12-20(28)26-13-21(29)27(14-26)19-4-2-18(24)3-5-19/h2-5,15-17H,6-14H2,1H3. The minimum atomic E-state index is -0.250. The molecule has 3 amide bonds. The summed E-state index contributed by atoms with van der Waals surface area (Å²) in [6, 6.07) is 7.01. The van der Waals surface area contributed by atoms with Crippen LogP contribution in [0.1, 0.15) is 38.5 Å². The fourth-order valence-corrected chi connectivity index (χ4v) is 6.84. The van der Waals surface area contributed by atoms with Gasteiger partial charge in [0.05, 0.1) is 12.0 Å². The van der Waals surface area contributed by atoms with Crippen LogP contribution in [0.25, 0.3) is 0 Å². The van der Waals surface area contributed by atoms with Crippen molar-refractivity contribution in [3.63, 3.8) is 0 Å². The Morgan fingerprint density at radius 1 is 1.07 bits per heavy atom. The van der Waals surface area contributed by atoms with Crippen molar-refractivity contribution in [3.8, 4) is 0 Å². The molecule has 6 nitrogen and oxygen atoms in total. The third-order valence-electron chi connectivity index (χ3n) is 7.64. The molecule has 5 fully saturated rings. The van der Waals surface area contributed by atoms with Gasteiger partial charge in [-0.25, -0.2) is 0 Å². The van der Waals surface area contributed by atoms with Crippen LogP contribution in [0.2, 0.25) is 5.02 Å². The van der Waals surface area contributed by atoms with Crippen LogP contribution in [0, 0.1) is 23.2 Å². The van der Waals surface area contributed by atoms with Gasteiger partial charge in [-0.1, -0.05) is 11.6 Å². The molecule has 4 saturated carbocycles. The van der Waals surface area contributed by atoms with Gasteiger partial charge in [-0.15, -0.1) is 0 Å². The monoisotopic (exact) mass is 429 g/mol. The minimum Gasteiger partial charge on any atom is -0.336 e. The van der Waals surface area contributed by atoms with Crippen molar-refractivity contribution in [2.24, 2.45) is 23.2 Å². The zero-order valence-electron chi connectivity index (χ0n) is 17.3. The Hall–Kier alpha value is -2.08. The molecule has 4 aliphatic carbocycles. The smallest absolute Gasteiger partial charge is 0.248 e. The molecule has 4 bridgehead atoms. The first-order valence-electron chi connectivity index (χ1n) is 10.9. The van der Waals surface area contributed by atoms with E-state index >= 15 is 0 Å². The van der Waals surface area contributed by atoms with E-state index in [1.807, 2.05) is 0 Å². The molecule has 0 unspecified atom stereocenters. The highest BCUT2D eigenvalue weighted by Crippen LogP contribution is 2.60. The van der Waals surface area contributed by atoms with Gasteiger partial charge in [-0.05, 0) is 80.5 Å². The number of carbonyl (C=O) groups is 3. The normalized spacial score (nSPS) is 32.1. The summed E-state index contributed by atoms with van der Waals surface area (Å²) in [6.45, 7) is 0.280. The third kappa shape index (κ3) is 3.39. The van der Waals surface area contributed by atoms with Crippen LogP contribution in [0.4, 0.5) is 5.69 Å². The van der Waals surface area contributed by atoms with Crippen molar-refractivity contribution < 1.29 is 14.4 Å². The molecule has 1 saturated heterocycles. The first kappa shape index (κ1) is 19.9. The fourth-order valence-electron chi connectivity index (χ4n) is 6.71. The van der Waals surface area contributed by atoms with Gasteiger partial charge in [0.2, 0.25) is 17.7 Å². The number of amides is 3. The third-order valence-corrected chi connectivity index (χ3v) is 7.89. The molecule has 1 heterocycles. The molecule has 0 atom stereocenters. The second kappa shape index (κ2) is 7.26. The number of nitrogens with zero attached hydrogens (tertiary/aromatic N) is 3. The molecule has 1 aliphatic heterocycles. The van der Waals surface area contributed by atoms with E-state index in [9.17, 15) is 14.4 Å². The van der Waals surface area contributed by atoms with Gasteiger partial charge in [0.15, 0.2) is 0 Å². The molecule has 6 rings (SSSR count). The molecule has 0 spiro atoms. The Morgan fingerprint density at radius 2 is 1.63 bits per heavy atom. The van der Waals surface area contributed by atoms with Crippen LogP contribution in [-0.2, 0) is 14.4 Å². The maximum atomic E-state index is 13.4. The van der Waals surface area contributed by atoms with Gasteiger partial charge in [-0.2, -0.15) is 0 Å². The first-order chi connectivity index (χ1) is 14.3. The number of benzene rings is 1. The summed E-state index contributed by atoms with van der Waals surface area (Å²) >= 11 is 5.93. The number of rotatable bonds is 4. The summed E-state index contributed by atoms with van der Waals surface area (Å²) in [5, 5.41) is 0.600. The van der Waals surface area contributed by atoms with E-state index in [1.54, 1.807) is 41.1 Å². The van der Waals surface area contributed by atoms with Gasteiger partial charge in [-0.3, -0.25) is 19.3 Å². The van der Waals surface area contributed by atoms with Crippen molar-refractivity contribution in [1.29, 1.82) is 0 Å². The highest BCUT2D eigenvalue weighted by Gasteiger charge is 2.55. The molecule has 1 aromatic carbocycles. The summed E-state index contributed by atoms with van der Waals surface area (Å²) in [5.41, 5.74) is 0.470. The average Bonchev–Trinajstić information content (AvgIpc) is 3.09. The zero-order chi connectivity index (χ0) is 21.0. The number of likely N-dealkylation sites (N-methyl/N-ethyl adjacent to an activating group) is 1. The number of hydrogen-bond acceptors (Lipinski definition) is 3. The van der Waals surface area contributed by atoms with E-state index in [-0.39, 0.29) is 42.9 Å². The lowest BCUT2D eigenvalue weighted by molar-refractivity contribution is -0.158. The summed E-state index contributed by atoms with van der Waals surface area (Å²) in [6.07, 6.45) is 6.82. The van der Waals surface area contributed by atoms with Crippen LogP contribution in [0.15, 0.2) is 24.3 Å². The summed E-state index contributed by atoms with van der Waals surface area (Å²) in [5.74, 6) is 1.89. The first-order valence-corrected chi connectivity index (χ1v) is 11.3. The topological polar surface area (TPSA) is 60.9 Å². The molecule has 0 aromatic heterocycles. The van der Waals surface area contributed by atoms with Crippen molar-refractivity contribution in [2.45, 2.75) is 38.5 Å². The molecule has 160 valence electrons. The van der Waals surface area contributed by atoms with Crippen molar-refractivity contribution >= 4 is 35.0 Å². The molecule has 30 heavy (non-hydrogen) atoms. The quantitative estimate of drug-likeness (QED) is 0.738. The molecule has 0 N–H and O–H groups in total. The van der Waals surface area contributed by atoms with Crippen LogP contribution >= 0.6 is 11.6 Å². The Labute approximate surface area is 182 Å². The Morgan fingerprint density at radius 3 is 2.20 bits per heavy atom. The van der Waals surface area contributed by atoms with Crippen molar-refractivity contribution in [1.82, 2.24) is 9.80 Å². The van der Waals surface area contributed by atoms with Crippen molar-refractivity contribution in [2.75, 3.05) is 31.7 Å². The van der Waals surface area contributed by atoms with Crippen LogP contribution < -0.4 is 4.90 Å². The summed E-state index contributed by atoms with van der Waals surface area (Å²) in [4.78, 5) is 43.5. The lowest BCUT2D eigenvalue weighted by atomic mass is 9.49. The lowest BCUT2D eigenvalue weighted by Crippen LogP contribution is -2.55. The Bertz CT molecular complexity index is 849. The average molecular weight is 430 g/mol. The van der Waals surface area contributed by atoms with Gasteiger partial charge >= 0.3 is 0 Å². The van der Waals surface area contributed by atoms with Gasteiger partial charge in [0.25, 0.3) is 0 Å². The summed E-state index contributed by atoms with van der Waals surface area (Å²) < 4.78 is 0. The number of halogens is 1. The second-order valence-corrected chi connectivity index (χ2v) is 10.3. The Kier molecular flexibility index (Phi) is 4.80. The number of anilines is 1. The van der Waals surface area contributed by atoms with E-state index in [1.165, 1.54) is 24.2 Å². The van der Waals surface area contributed by atoms with E-state index in [0.29, 0.717) is 22.8 Å². The van der Waals surface area contributed by atoms with E-state index in [0.717, 1.165) is 24.9 Å². The van der Waals surface area contributed by atoms with Gasteiger partial charge < -0.3 is 9.80 Å². The highest BCUT2D eigenvalue weighted by atomic mass is 35.5.